The first kappa shape index (κ1) is 17.4. The van der Waals surface area contributed by atoms with Gasteiger partial charge in [0.15, 0.2) is 8.32 Å². The van der Waals surface area contributed by atoms with E-state index < -0.39 is 16.4 Å². The Bertz CT molecular complexity index is 264. The second-order valence-corrected chi connectivity index (χ2v) is 18.4. The molecule has 0 radical (unpaired) electrons. The van der Waals surface area contributed by atoms with Crippen LogP contribution in [0.1, 0.15) is 52.9 Å². The molecule has 0 amide bonds. The van der Waals surface area contributed by atoms with Gasteiger partial charge in [0.1, 0.15) is 0 Å². The van der Waals surface area contributed by atoms with E-state index in [9.17, 15) is 0 Å². The fourth-order valence-electron chi connectivity index (χ4n) is 2.58. The normalized spacial score (nSPS) is 19.3. The molecule has 0 saturated carbocycles. The molecule has 3 heteroatoms. The lowest BCUT2D eigenvalue weighted by Crippen LogP contribution is -2.40. The van der Waals surface area contributed by atoms with E-state index >= 15 is 0 Å². The van der Waals surface area contributed by atoms with Crippen molar-refractivity contribution in [2.75, 3.05) is 6.61 Å². The Kier molecular flexibility index (Phi) is 6.34. The number of rotatable bonds is 8. The van der Waals surface area contributed by atoms with Crippen molar-refractivity contribution >= 4 is 16.4 Å². The maximum Gasteiger partial charge on any atom is 0.191 e. The molecule has 19 heavy (non-hydrogen) atoms. The third-order valence-corrected chi connectivity index (χ3v) is 14.7. The van der Waals surface area contributed by atoms with Gasteiger partial charge < -0.3 is 4.43 Å². The number of hydrogen-bond donors (Lipinski definition) is 0. The highest BCUT2D eigenvalue weighted by molar-refractivity contribution is 6.81. The molecule has 1 saturated heterocycles. The van der Waals surface area contributed by atoms with Crippen molar-refractivity contribution in [3.8, 4) is 0 Å². The van der Waals surface area contributed by atoms with Crippen LogP contribution in [-0.4, -0.2) is 23.0 Å². The molecule has 114 valence electrons. The van der Waals surface area contributed by atoms with Crippen LogP contribution in [0.3, 0.4) is 0 Å². The lowest BCUT2D eigenvalue weighted by atomic mass is 10.2. The summed E-state index contributed by atoms with van der Waals surface area (Å²) < 4.78 is 6.22. The van der Waals surface area contributed by atoms with Gasteiger partial charge >= 0.3 is 0 Å². The SMILES string of the molecule is CC(C)(C)[Si](C)(C)OCCCCCC[Si]1(C)CCC1. The first-order chi connectivity index (χ1) is 8.66. The summed E-state index contributed by atoms with van der Waals surface area (Å²) in [5, 5.41) is 0.359. The molecule has 1 heterocycles. The minimum atomic E-state index is -1.49. The van der Waals surface area contributed by atoms with Gasteiger partial charge in [-0.2, -0.15) is 0 Å². The second-order valence-electron chi connectivity index (χ2n) is 8.44. The van der Waals surface area contributed by atoms with Crippen LogP contribution in [0, 0.1) is 0 Å². The van der Waals surface area contributed by atoms with Gasteiger partial charge in [-0.15, -0.1) is 0 Å². The lowest BCUT2D eigenvalue weighted by Gasteiger charge is -2.36. The number of unbranched alkanes of at least 4 members (excludes halogenated alkanes) is 3. The van der Waals surface area contributed by atoms with E-state index in [1.165, 1.54) is 32.1 Å². The van der Waals surface area contributed by atoms with Crippen molar-refractivity contribution in [1.82, 2.24) is 0 Å². The van der Waals surface area contributed by atoms with Gasteiger partial charge in [-0.25, -0.2) is 0 Å². The molecule has 0 bridgehead atoms. The Morgan fingerprint density at radius 2 is 1.58 bits per heavy atom. The van der Waals surface area contributed by atoms with Gasteiger partial charge in [0, 0.05) is 6.61 Å². The molecule has 0 aliphatic carbocycles. The van der Waals surface area contributed by atoms with Crippen LogP contribution in [0.2, 0.25) is 42.8 Å². The van der Waals surface area contributed by atoms with E-state index in [0.717, 1.165) is 6.61 Å². The molecule has 0 aromatic heterocycles. The van der Waals surface area contributed by atoms with Gasteiger partial charge in [0.25, 0.3) is 0 Å². The van der Waals surface area contributed by atoms with Crippen LogP contribution in [0.25, 0.3) is 0 Å². The summed E-state index contributed by atoms with van der Waals surface area (Å²) in [7, 11) is -2.14. The Morgan fingerprint density at radius 1 is 1.00 bits per heavy atom. The summed E-state index contributed by atoms with van der Waals surface area (Å²) in [5.41, 5.74) is 0. The Labute approximate surface area is 123 Å². The van der Waals surface area contributed by atoms with Gasteiger partial charge in [-0.1, -0.05) is 71.1 Å². The third kappa shape index (κ3) is 5.72. The molecule has 1 aliphatic rings. The van der Waals surface area contributed by atoms with Crippen molar-refractivity contribution < 1.29 is 4.43 Å². The Morgan fingerprint density at radius 3 is 2.05 bits per heavy atom. The summed E-state index contributed by atoms with van der Waals surface area (Å²) in [5.74, 6) is 0. The molecule has 1 fully saturated rings. The highest BCUT2D eigenvalue weighted by atomic mass is 28.4. The summed E-state index contributed by atoms with van der Waals surface area (Å²) in [6, 6.07) is 4.82. The van der Waals surface area contributed by atoms with Crippen LogP contribution in [0.5, 0.6) is 0 Å². The van der Waals surface area contributed by atoms with Crippen LogP contribution >= 0.6 is 0 Å². The molecule has 0 aromatic carbocycles. The maximum atomic E-state index is 6.22. The lowest BCUT2D eigenvalue weighted by molar-refractivity contribution is 0.277. The molecular formula is C16H36OSi2. The van der Waals surface area contributed by atoms with Crippen LogP contribution in [0.15, 0.2) is 0 Å². The topological polar surface area (TPSA) is 9.23 Å². The fraction of sp³-hybridized carbons (Fsp3) is 1.00. The molecule has 0 spiro atoms. The maximum absolute atomic E-state index is 6.22. The molecule has 0 atom stereocenters. The highest BCUT2D eigenvalue weighted by Crippen LogP contribution is 2.37. The molecule has 1 rings (SSSR count). The van der Waals surface area contributed by atoms with Gasteiger partial charge in [0.05, 0.1) is 8.07 Å². The first-order valence-corrected chi connectivity index (χ1v) is 14.3. The highest BCUT2D eigenvalue weighted by Gasteiger charge is 2.36. The molecule has 1 aliphatic heterocycles. The Hall–Kier alpha value is 0.394. The minimum Gasteiger partial charge on any atom is -0.417 e. The second kappa shape index (κ2) is 6.90. The zero-order chi connectivity index (χ0) is 14.6. The predicted octanol–water partition coefficient (Wildman–Crippen LogP) is 6.05. The van der Waals surface area contributed by atoms with Crippen LogP contribution in [-0.2, 0) is 4.43 Å². The van der Waals surface area contributed by atoms with Gasteiger partial charge in [-0.3, -0.25) is 0 Å². The largest absolute Gasteiger partial charge is 0.417 e. The van der Waals surface area contributed by atoms with E-state index in [-0.39, 0.29) is 0 Å². The minimum absolute atomic E-state index is 0.359. The van der Waals surface area contributed by atoms with Crippen molar-refractivity contribution in [2.24, 2.45) is 0 Å². The standard InChI is InChI=1S/C16H36OSi2/c1-16(2,3)18(4,5)17-12-9-7-8-10-13-19(6)14-11-15-19/h7-15H2,1-6H3. The van der Waals surface area contributed by atoms with Crippen LogP contribution < -0.4 is 0 Å². The zero-order valence-corrected chi connectivity index (χ0v) is 16.3. The zero-order valence-electron chi connectivity index (χ0n) is 14.3. The summed E-state index contributed by atoms with van der Waals surface area (Å²) >= 11 is 0. The monoisotopic (exact) mass is 300 g/mol. The van der Waals surface area contributed by atoms with Crippen LogP contribution in [0.4, 0.5) is 0 Å². The average Bonchev–Trinajstić information content (AvgIpc) is 2.23. The van der Waals surface area contributed by atoms with E-state index in [4.69, 9.17) is 4.43 Å². The molecule has 0 aromatic rings. The number of hydrogen-bond acceptors (Lipinski definition) is 1. The van der Waals surface area contributed by atoms with E-state index in [0.29, 0.717) is 5.04 Å². The van der Waals surface area contributed by atoms with Crippen molar-refractivity contribution in [1.29, 1.82) is 0 Å². The molecule has 0 unspecified atom stereocenters. The average molecular weight is 301 g/mol. The predicted molar refractivity (Wildman–Crippen MR) is 92.3 cm³/mol. The van der Waals surface area contributed by atoms with Gasteiger partial charge in [0.2, 0.25) is 0 Å². The smallest absolute Gasteiger partial charge is 0.191 e. The van der Waals surface area contributed by atoms with E-state index in [2.05, 4.69) is 40.4 Å². The quantitative estimate of drug-likeness (QED) is 0.391. The van der Waals surface area contributed by atoms with Gasteiger partial charge in [-0.05, 0) is 24.6 Å². The van der Waals surface area contributed by atoms with Crippen molar-refractivity contribution in [3.63, 3.8) is 0 Å². The summed E-state index contributed by atoms with van der Waals surface area (Å²) in [6.07, 6.45) is 7.10. The van der Waals surface area contributed by atoms with E-state index in [1.54, 1.807) is 18.1 Å². The van der Waals surface area contributed by atoms with Crippen molar-refractivity contribution in [2.45, 2.75) is 95.7 Å². The Balaban J connectivity index is 1.99. The fourth-order valence-corrected chi connectivity index (χ4v) is 6.83. The molecular weight excluding hydrogens is 264 g/mol. The van der Waals surface area contributed by atoms with Crippen molar-refractivity contribution in [3.05, 3.63) is 0 Å². The third-order valence-electron chi connectivity index (χ3n) is 5.50. The molecule has 0 N–H and O–H groups in total. The van der Waals surface area contributed by atoms with E-state index in [1.807, 2.05) is 0 Å². The first-order valence-electron chi connectivity index (χ1n) is 8.30. The molecule has 1 nitrogen and oxygen atoms in total. The summed E-state index contributed by atoms with van der Waals surface area (Å²) in [6.45, 7) is 15.3. The summed E-state index contributed by atoms with van der Waals surface area (Å²) in [4.78, 5) is 0.